The van der Waals surface area contributed by atoms with Crippen molar-refractivity contribution in [2.75, 3.05) is 0 Å². The van der Waals surface area contributed by atoms with Crippen LogP contribution in [0.3, 0.4) is 0 Å². The van der Waals surface area contributed by atoms with Crippen LogP contribution < -0.4 is 5.32 Å². The van der Waals surface area contributed by atoms with E-state index >= 15 is 0 Å². The lowest BCUT2D eigenvalue weighted by Crippen LogP contribution is -2.18. The fourth-order valence-electron chi connectivity index (χ4n) is 1.20. The van der Waals surface area contributed by atoms with Crippen LogP contribution in [-0.2, 0) is 0 Å². The second kappa shape index (κ2) is 4.37. The first-order valence-corrected chi connectivity index (χ1v) is 4.17. The monoisotopic (exact) mass is 189 g/mol. The number of carbonyl (C=O) groups excluding carboxylic acids is 2. The lowest BCUT2D eigenvalue weighted by molar-refractivity contribution is 0.0969. The fraction of sp³-hybridized carbons (Fsp3) is 0.0909. The van der Waals surface area contributed by atoms with Gasteiger partial charge in [-0.3, -0.25) is 9.59 Å². The van der Waals surface area contributed by atoms with Crippen LogP contribution in [0.2, 0.25) is 0 Å². The molecule has 0 aromatic heterocycles. The van der Waals surface area contributed by atoms with E-state index in [9.17, 15) is 9.59 Å². The van der Waals surface area contributed by atoms with Gasteiger partial charge < -0.3 is 5.32 Å². The van der Waals surface area contributed by atoms with Gasteiger partial charge in [-0.25, -0.2) is 0 Å². The molecule has 3 heteroatoms. The van der Waals surface area contributed by atoms with Crippen molar-refractivity contribution in [3.05, 3.63) is 47.7 Å². The summed E-state index contributed by atoms with van der Waals surface area (Å²) >= 11 is 0. The van der Waals surface area contributed by atoms with Crippen LogP contribution in [-0.4, -0.2) is 12.2 Å². The minimum atomic E-state index is -0.249. The molecule has 0 bridgehead atoms. The van der Waals surface area contributed by atoms with Crippen molar-refractivity contribution in [2.24, 2.45) is 0 Å². The van der Waals surface area contributed by atoms with Crippen molar-refractivity contribution in [2.45, 2.75) is 6.92 Å². The lowest BCUT2D eigenvalue weighted by Gasteiger charge is -2.05. The molecule has 1 N–H and O–H groups in total. The molecule has 0 atom stereocenters. The second-order valence-corrected chi connectivity index (χ2v) is 2.82. The molecule has 0 aliphatic rings. The molecule has 0 saturated carbocycles. The summed E-state index contributed by atoms with van der Waals surface area (Å²) in [5.74, 6) is -0.249. The third-order valence-electron chi connectivity index (χ3n) is 1.98. The van der Waals surface area contributed by atoms with Crippen molar-refractivity contribution >= 4 is 12.2 Å². The van der Waals surface area contributed by atoms with E-state index in [0.717, 1.165) is 6.29 Å². The number of benzene rings is 1. The fourth-order valence-corrected chi connectivity index (χ4v) is 1.20. The van der Waals surface area contributed by atoms with E-state index in [1.807, 2.05) is 0 Å². The molecule has 0 fully saturated rings. The van der Waals surface area contributed by atoms with E-state index < -0.39 is 0 Å². The highest BCUT2D eigenvalue weighted by Gasteiger charge is 2.09. The maximum Gasteiger partial charge on any atom is 0.255 e. The number of rotatable bonds is 3. The Morgan fingerprint density at radius 1 is 1.50 bits per heavy atom. The number of hydrogen-bond donors (Lipinski definition) is 1. The Morgan fingerprint density at radius 3 is 2.79 bits per heavy atom. The van der Waals surface area contributed by atoms with Crippen molar-refractivity contribution in [3.63, 3.8) is 0 Å². The Hall–Kier alpha value is -1.90. The van der Waals surface area contributed by atoms with Gasteiger partial charge in [0.25, 0.3) is 5.91 Å². The Bertz CT molecular complexity index is 383. The molecule has 0 aliphatic carbocycles. The average Bonchev–Trinajstić information content (AvgIpc) is 2.18. The number of aldehydes is 1. The predicted molar refractivity (Wildman–Crippen MR) is 54.2 cm³/mol. The molecule has 3 nitrogen and oxygen atoms in total. The normalized spacial score (nSPS) is 9.21. The quantitative estimate of drug-likeness (QED) is 0.735. The summed E-state index contributed by atoms with van der Waals surface area (Å²) in [6.45, 7) is 5.13. The van der Waals surface area contributed by atoms with Gasteiger partial charge in [-0.15, -0.1) is 0 Å². The Labute approximate surface area is 82.4 Å². The van der Waals surface area contributed by atoms with Crippen molar-refractivity contribution in [1.29, 1.82) is 0 Å². The van der Waals surface area contributed by atoms with E-state index in [1.54, 1.807) is 25.1 Å². The summed E-state index contributed by atoms with van der Waals surface area (Å²) in [6, 6.07) is 5.02. The van der Waals surface area contributed by atoms with Gasteiger partial charge in [0.1, 0.15) is 6.29 Å². The number of amides is 1. The van der Waals surface area contributed by atoms with E-state index in [-0.39, 0.29) is 5.91 Å². The van der Waals surface area contributed by atoms with Gasteiger partial charge in [0.2, 0.25) is 0 Å². The van der Waals surface area contributed by atoms with Crippen LogP contribution in [0.15, 0.2) is 31.0 Å². The zero-order valence-corrected chi connectivity index (χ0v) is 7.91. The van der Waals surface area contributed by atoms with Crippen molar-refractivity contribution in [3.8, 4) is 0 Å². The third-order valence-corrected chi connectivity index (χ3v) is 1.98. The summed E-state index contributed by atoms with van der Waals surface area (Å²) in [5, 5.41) is 2.46. The Morgan fingerprint density at radius 2 is 2.21 bits per heavy atom. The molecule has 0 spiro atoms. The predicted octanol–water partition coefficient (Wildman–Crippen LogP) is 1.68. The molecule has 14 heavy (non-hydrogen) atoms. The molecule has 0 heterocycles. The van der Waals surface area contributed by atoms with E-state index in [0.29, 0.717) is 16.7 Å². The van der Waals surface area contributed by atoms with Gasteiger partial charge in [0.05, 0.1) is 0 Å². The molecule has 0 aliphatic heterocycles. The number of carbonyl (C=O) groups is 2. The Kier molecular flexibility index (Phi) is 3.18. The second-order valence-electron chi connectivity index (χ2n) is 2.82. The molecule has 1 rings (SSSR count). The molecular formula is C11H11NO2. The van der Waals surface area contributed by atoms with Crippen molar-refractivity contribution < 1.29 is 9.59 Å². The largest absolute Gasteiger partial charge is 0.329 e. The first-order chi connectivity index (χ1) is 6.70. The van der Waals surface area contributed by atoms with Crippen LogP contribution in [0.4, 0.5) is 0 Å². The van der Waals surface area contributed by atoms with Crippen molar-refractivity contribution in [1.82, 2.24) is 5.32 Å². The molecular weight excluding hydrogens is 178 g/mol. The molecule has 1 amide bonds. The molecule has 1 aromatic rings. The minimum Gasteiger partial charge on any atom is -0.329 e. The molecule has 0 unspecified atom stereocenters. The van der Waals surface area contributed by atoms with Crippen LogP contribution in [0, 0.1) is 6.92 Å². The summed E-state index contributed by atoms with van der Waals surface area (Å²) in [5.41, 5.74) is 1.71. The van der Waals surface area contributed by atoms with E-state index in [4.69, 9.17) is 0 Å². The SMILES string of the molecule is C=CNC(=O)c1cccc(C=O)c1C. The lowest BCUT2D eigenvalue weighted by atomic mass is 10.0. The van der Waals surface area contributed by atoms with E-state index in [1.165, 1.54) is 6.20 Å². The topological polar surface area (TPSA) is 46.2 Å². The van der Waals surface area contributed by atoms with Crippen LogP contribution in [0.5, 0.6) is 0 Å². The third kappa shape index (κ3) is 1.88. The van der Waals surface area contributed by atoms with E-state index in [2.05, 4.69) is 11.9 Å². The van der Waals surface area contributed by atoms with Crippen LogP contribution >= 0.6 is 0 Å². The Balaban J connectivity index is 3.15. The van der Waals surface area contributed by atoms with Crippen LogP contribution in [0.25, 0.3) is 0 Å². The van der Waals surface area contributed by atoms with Gasteiger partial charge in [-0.2, -0.15) is 0 Å². The summed E-state index contributed by atoms with van der Waals surface area (Å²) in [4.78, 5) is 22.0. The van der Waals surface area contributed by atoms with Gasteiger partial charge in [-0.1, -0.05) is 18.7 Å². The first kappa shape index (κ1) is 10.2. The maximum atomic E-state index is 11.4. The minimum absolute atomic E-state index is 0.249. The zero-order valence-electron chi connectivity index (χ0n) is 7.91. The van der Waals surface area contributed by atoms with Gasteiger partial charge >= 0.3 is 0 Å². The average molecular weight is 189 g/mol. The molecule has 72 valence electrons. The highest BCUT2D eigenvalue weighted by Crippen LogP contribution is 2.11. The molecule has 0 radical (unpaired) electrons. The van der Waals surface area contributed by atoms with Gasteiger partial charge in [0.15, 0.2) is 0 Å². The first-order valence-electron chi connectivity index (χ1n) is 4.17. The summed E-state index contributed by atoms with van der Waals surface area (Å²) in [6.07, 6.45) is 2.05. The van der Waals surface area contributed by atoms with Crippen LogP contribution in [0.1, 0.15) is 26.3 Å². The highest BCUT2D eigenvalue weighted by molar-refractivity contribution is 5.98. The summed E-state index contributed by atoms with van der Waals surface area (Å²) < 4.78 is 0. The van der Waals surface area contributed by atoms with Gasteiger partial charge in [-0.05, 0) is 24.8 Å². The number of hydrogen-bond acceptors (Lipinski definition) is 2. The standard InChI is InChI=1S/C11H11NO2/c1-3-12-11(14)10-6-4-5-9(7-13)8(10)2/h3-7H,1H2,2H3,(H,12,14). The zero-order chi connectivity index (χ0) is 10.6. The van der Waals surface area contributed by atoms with Gasteiger partial charge in [0, 0.05) is 11.1 Å². The molecule has 1 aromatic carbocycles. The highest BCUT2D eigenvalue weighted by atomic mass is 16.1. The maximum absolute atomic E-state index is 11.4. The number of nitrogens with one attached hydrogen (secondary N) is 1. The molecule has 0 saturated heterocycles. The summed E-state index contributed by atoms with van der Waals surface area (Å²) in [7, 11) is 0. The smallest absolute Gasteiger partial charge is 0.255 e.